The minimum Gasteiger partial charge on any atom is -0.493 e. The number of anilines is 1. The topological polar surface area (TPSA) is 105 Å². The third-order valence-corrected chi connectivity index (χ3v) is 6.12. The number of nitrogens with one attached hydrogen (secondary N) is 1. The summed E-state index contributed by atoms with van der Waals surface area (Å²) in [6.07, 6.45) is 5.63. The molecule has 1 aromatic carbocycles. The molecular formula is C23H26N4O4S. The zero-order valence-electron chi connectivity index (χ0n) is 18.1. The number of aromatic nitrogens is 1. The maximum Gasteiger partial charge on any atom is 0.244 e. The minimum absolute atomic E-state index is 0.00309. The number of nitrogens with zero attached hydrogens (tertiary/aromatic N) is 3. The molecule has 1 amide bonds. The molecule has 168 valence electrons. The van der Waals surface area contributed by atoms with Crippen molar-refractivity contribution < 1.29 is 19.4 Å². The molecule has 2 aromatic rings. The molecule has 0 unspecified atom stereocenters. The summed E-state index contributed by atoms with van der Waals surface area (Å²) in [6.45, 7) is 6.19. The second kappa shape index (κ2) is 10.1. The average Bonchev–Trinajstić information content (AvgIpc) is 3.12. The number of benzene rings is 1. The van der Waals surface area contributed by atoms with Crippen LogP contribution in [0.4, 0.5) is 5.13 Å². The summed E-state index contributed by atoms with van der Waals surface area (Å²) >= 11 is 1.41. The summed E-state index contributed by atoms with van der Waals surface area (Å²) in [6, 6.07) is 5.70. The molecule has 1 aromatic heterocycles. The van der Waals surface area contributed by atoms with Crippen LogP contribution < -0.4 is 15.9 Å². The second-order valence-electron chi connectivity index (χ2n) is 7.61. The third kappa shape index (κ3) is 5.41. The number of carbonyl (C=O) groups excluding carboxylic acids is 1. The number of thiazole rings is 1. The van der Waals surface area contributed by atoms with Crippen molar-refractivity contribution in [3.05, 3.63) is 45.3 Å². The number of fused-ring (bicyclic) bond motifs is 1. The van der Waals surface area contributed by atoms with E-state index in [2.05, 4.69) is 20.3 Å². The fraction of sp³-hybridized carbons (Fsp3) is 0.391. The average molecular weight is 455 g/mol. The molecule has 4 rings (SSSR count). The predicted molar refractivity (Wildman–Crippen MR) is 124 cm³/mol. The number of aromatic hydroxyl groups is 1. The Hall–Kier alpha value is -3.04. The molecule has 2 aliphatic rings. The largest absolute Gasteiger partial charge is 0.493 e. The molecule has 0 bridgehead atoms. The van der Waals surface area contributed by atoms with Gasteiger partial charge < -0.3 is 19.9 Å². The van der Waals surface area contributed by atoms with Crippen molar-refractivity contribution in [2.45, 2.75) is 26.7 Å². The van der Waals surface area contributed by atoms with Crippen LogP contribution in [-0.4, -0.2) is 48.2 Å². The molecular weight excluding hydrogens is 428 g/mol. The highest BCUT2D eigenvalue weighted by atomic mass is 32.1. The Morgan fingerprint density at radius 2 is 2.22 bits per heavy atom. The van der Waals surface area contributed by atoms with Crippen LogP contribution in [0.25, 0.3) is 11.8 Å². The predicted octanol–water partition coefficient (Wildman–Crippen LogP) is 2.47. The van der Waals surface area contributed by atoms with Gasteiger partial charge in [-0.1, -0.05) is 17.4 Å². The van der Waals surface area contributed by atoms with E-state index in [-0.39, 0.29) is 11.8 Å². The first-order valence-electron chi connectivity index (χ1n) is 10.7. The van der Waals surface area contributed by atoms with Gasteiger partial charge in [0.2, 0.25) is 11.8 Å². The highest BCUT2D eigenvalue weighted by Gasteiger charge is 2.16. The molecule has 0 saturated carbocycles. The highest BCUT2D eigenvalue weighted by Crippen LogP contribution is 2.29. The van der Waals surface area contributed by atoms with Gasteiger partial charge in [-0.15, -0.1) is 0 Å². The van der Waals surface area contributed by atoms with Gasteiger partial charge in [-0.3, -0.25) is 4.79 Å². The lowest BCUT2D eigenvalue weighted by Crippen LogP contribution is -2.22. The molecule has 2 aliphatic heterocycles. The molecule has 9 heteroatoms. The SMILES string of the molecule is CCOC1=CC(=NC(C)=O)N=c2ccc(=Cc3sc(NCC4CCOCC4)nc3O)cc21. The number of hydrogen-bond acceptors (Lipinski definition) is 7. The molecule has 1 fully saturated rings. The van der Waals surface area contributed by atoms with E-state index in [9.17, 15) is 9.90 Å². The molecule has 1 saturated heterocycles. The minimum atomic E-state index is -0.314. The number of ether oxygens (including phenoxy) is 2. The Labute approximate surface area is 190 Å². The van der Waals surface area contributed by atoms with E-state index in [1.807, 2.05) is 31.2 Å². The summed E-state index contributed by atoms with van der Waals surface area (Å²) < 4.78 is 11.2. The molecule has 0 spiro atoms. The lowest BCUT2D eigenvalue weighted by Gasteiger charge is -2.21. The van der Waals surface area contributed by atoms with Crippen LogP contribution in [-0.2, 0) is 14.3 Å². The van der Waals surface area contributed by atoms with Crippen LogP contribution in [0, 0.1) is 5.92 Å². The van der Waals surface area contributed by atoms with Crippen molar-refractivity contribution in [2.24, 2.45) is 15.9 Å². The number of amides is 1. The summed E-state index contributed by atoms with van der Waals surface area (Å²) in [5.74, 6) is 1.19. The van der Waals surface area contributed by atoms with E-state index >= 15 is 0 Å². The summed E-state index contributed by atoms with van der Waals surface area (Å²) in [4.78, 5) is 24.6. The van der Waals surface area contributed by atoms with Crippen LogP contribution in [0.1, 0.15) is 37.1 Å². The van der Waals surface area contributed by atoms with Crippen molar-refractivity contribution in [1.29, 1.82) is 0 Å². The lowest BCUT2D eigenvalue weighted by atomic mass is 10.0. The smallest absolute Gasteiger partial charge is 0.244 e. The van der Waals surface area contributed by atoms with E-state index in [0.717, 1.165) is 43.4 Å². The van der Waals surface area contributed by atoms with Gasteiger partial charge in [-0.25, -0.2) is 4.99 Å². The van der Waals surface area contributed by atoms with Gasteiger partial charge in [0.25, 0.3) is 0 Å². The Morgan fingerprint density at radius 1 is 1.41 bits per heavy atom. The molecule has 32 heavy (non-hydrogen) atoms. The van der Waals surface area contributed by atoms with Gasteiger partial charge in [0.1, 0.15) is 5.76 Å². The number of aliphatic imine (C=N–C) groups is 1. The van der Waals surface area contributed by atoms with Crippen LogP contribution in [0.3, 0.4) is 0 Å². The first kappa shape index (κ1) is 22.2. The fourth-order valence-electron chi connectivity index (χ4n) is 3.61. The quantitative estimate of drug-likeness (QED) is 0.695. The Kier molecular flexibility index (Phi) is 6.96. The lowest BCUT2D eigenvalue weighted by molar-refractivity contribution is -0.115. The number of carbonyl (C=O) groups is 1. The standard InChI is InChI=1S/C23H26N4O4S/c1-3-31-19-12-21(25-14(2)28)26-18-5-4-16(10-17(18)19)11-20-22(29)27-23(32-20)24-13-15-6-8-30-9-7-15/h4-5,10-12,15,29H,3,6-9,13H2,1-2H3,(H,24,27). The Morgan fingerprint density at radius 3 is 2.97 bits per heavy atom. The van der Waals surface area contributed by atoms with Crippen molar-refractivity contribution in [2.75, 3.05) is 31.7 Å². The summed E-state index contributed by atoms with van der Waals surface area (Å²) in [5, 5.41) is 15.9. The van der Waals surface area contributed by atoms with Crippen LogP contribution in [0.2, 0.25) is 0 Å². The zero-order valence-corrected chi connectivity index (χ0v) is 18.9. The van der Waals surface area contributed by atoms with Crippen molar-refractivity contribution >= 4 is 40.0 Å². The van der Waals surface area contributed by atoms with Gasteiger partial charge in [0.05, 0.1) is 16.8 Å². The second-order valence-corrected chi connectivity index (χ2v) is 8.64. The Bertz CT molecular complexity index is 1180. The first-order valence-corrected chi connectivity index (χ1v) is 11.5. The summed E-state index contributed by atoms with van der Waals surface area (Å²) in [7, 11) is 0. The van der Waals surface area contributed by atoms with Crippen molar-refractivity contribution in [3.8, 4) is 5.88 Å². The van der Waals surface area contributed by atoms with E-state index in [4.69, 9.17) is 9.47 Å². The third-order valence-electron chi connectivity index (χ3n) is 5.17. The van der Waals surface area contributed by atoms with Gasteiger partial charge in [0, 0.05) is 38.3 Å². The normalized spacial score (nSPS) is 18.1. The molecule has 0 atom stereocenters. The number of hydrogen-bond donors (Lipinski definition) is 2. The van der Waals surface area contributed by atoms with Crippen LogP contribution in [0.5, 0.6) is 5.88 Å². The van der Waals surface area contributed by atoms with Crippen molar-refractivity contribution in [1.82, 2.24) is 4.98 Å². The molecule has 0 radical (unpaired) electrons. The number of rotatable bonds is 6. The number of amidine groups is 1. The fourth-order valence-corrected chi connectivity index (χ4v) is 4.44. The maximum atomic E-state index is 11.4. The maximum absolute atomic E-state index is 11.4. The van der Waals surface area contributed by atoms with Gasteiger partial charge >= 0.3 is 0 Å². The first-order chi connectivity index (χ1) is 15.5. The Balaban J connectivity index is 1.59. The molecule has 3 heterocycles. The van der Waals surface area contributed by atoms with E-state index in [1.54, 1.807) is 6.08 Å². The van der Waals surface area contributed by atoms with Gasteiger partial charge in [0.15, 0.2) is 11.0 Å². The molecule has 0 aliphatic carbocycles. The van der Waals surface area contributed by atoms with Crippen LogP contribution in [0.15, 0.2) is 34.3 Å². The molecule has 8 nitrogen and oxygen atoms in total. The summed E-state index contributed by atoms with van der Waals surface area (Å²) in [5.41, 5.74) is 0.810. The zero-order chi connectivity index (χ0) is 22.5. The molecule has 2 N–H and O–H groups in total. The van der Waals surface area contributed by atoms with Gasteiger partial charge in [-0.2, -0.15) is 9.98 Å². The van der Waals surface area contributed by atoms with E-state index < -0.39 is 0 Å². The monoisotopic (exact) mass is 454 g/mol. The van der Waals surface area contributed by atoms with Crippen molar-refractivity contribution in [3.63, 3.8) is 0 Å². The highest BCUT2D eigenvalue weighted by molar-refractivity contribution is 7.16. The van der Waals surface area contributed by atoms with Crippen LogP contribution >= 0.6 is 11.3 Å². The van der Waals surface area contributed by atoms with Gasteiger partial charge in [-0.05, 0) is 49.1 Å². The van der Waals surface area contributed by atoms with E-state index in [1.165, 1.54) is 18.3 Å². The van der Waals surface area contributed by atoms with E-state index in [0.29, 0.717) is 39.5 Å².